The summed E-state index contributed by atoms with van der Waals surface area (Å²) in [5.74, 6) is -0.446. The fourth-order valence-corrected chi connectivity index (χ4v) is 8.26. The fraction of sp³-hybridized carbons (Fsp3) is 0.310. The molecule has 4 rings (SSSR count). The van der Waals surface area contributed by atoms with Crippen molar-refractivity contribution in [3.8, 4) is 0 Å². The summed E-state index contributed by atoms with van der Waals surface area (Å²) in [5, 5.41) is 4.05. The minimum atomic E-state index is -3.35. The van der Waals surface area contributed by atoms with Gasteiger partial charge in [-0.25, -0.2) is 4.79 Å². The largest absolute Gasteiger partial charge is 0.462 e. The molecule has 1 aliphatic heterocycles. The molecule has 194 valence electrons. The molecule has 0 aliphatic carbocycles. The van der Waals surface area contributed by atoms with Crippen LogP contribution in [0.5, 0.6) is 0 Å². The molecule has 0 bridgehead atoms. The van der Waals surface area contributed by atoms with Crippen LogP contribution >= 0.6 is 7.14 Å². The average Bonchev–Trinajstić information content (AvgIpc) is 3.70. The molecule has 0 unspecified atom stereocenters. The summed E-state index contributed by atoms with van der Waals surface area (Å²) in [5.41, 5.74) is 0.311. The maximum Gasteiger partial charge on any atom is 0.407 e. The summed E-state index contributed by atoms with van der Waals surface area (Å²) in [6.07, 6.45) is -1.73. The van der Waals surface area contributed by atoms with E-state index in [2.05, 4.69) is 5.32 Å². The first-order valence-corrected chi connectivity index (χ1v) is 14.2. The lowest BCUT2D eigenvalue weighted by Gasteiger charge is -2.33. The first-order valence-electron chi connectivity index (χ1n) is 12.4. The van der Waals surface area contributed by atoms with Gasteiger partial charge in [0, 0.05) is 24.1 Å². The number of carbonyl (C=O) groups is 2. The summed E-state index contributed by atoms with van der Waals surface area (Å²) in [4.78, 5) is 24.3. The molecule has 3 aromatic rings. The summed E-state index contributed by atoms with van der Waals surface area (Å²) < 4.78 is 32.2. The topological polar surface area (TPSA) is 94.2 Å². The van der Waals surface area contributed by atoms with Crippen molar-refractivity contribution in [2.75, 3.05) is 6.61 Å². The van der Waals surface area contributed by atoms with Crippen molar-refractivity contribution in [2.45, 2.75) is 50.8 Å². The maximum absolute atomic E-state index is 15.1. The molecular formula is C29H32NO6P. The molecule has 1 aliphatic rings. The Labute approximate surface area is 217 Å². The first kappa shape index (κ1) is 26.6. The number of epoxide rings is 1. The third-order valence-electron chi connectivity index (χ3n) is 6.42. The van der Waals surface area contributed by atoms with Crippen LogP contribution < -0.4 is 15.9 Å². The Morgan fingerprint density at radius 3 is 1.97 bits per heavy atom. The van der Waals surface area contributed by atoms with Crippen LogP contribution in [0, 0.1) is 0 Å². The van der Waals surface area contributed by atoms with Gasteiger partial charge < -0.3 is 24.1 Å². The predicted molar refractivity (Wildman–Crippen MR) is 143 cm³/mol. The highest BCUT2D eigenvalue weighted by Gasteiger charge is 2.57. The molecule has 37 heavy (non-hydrogen) atoms. The number of ether oxygens (including phenoxy) is 3. The van der Waals surface area contributed by atoms with Gasteiger partial charge in [-0.1, -0.05) is 97.9 Å². The summed E-state index contributed by atoms with van der Waals surface area (Å²) in [6, 6.07) is 28.0. The van der Waals surface area contributed by atoms with Gasteiger partial charge in [0.2, 0.25) is 0 Å². The zero-order chi connectivity index (χ0) is 26.3. The van der Waals surface area contributed by atoms with Crippen LogP contribution in [-0.2, 0) is 30.1 Å². The highest BCUT2D eigenvalue weighted by Crippen LogP contribution is 2.56. The van der Waals surface area contributed by atoms with Gasteiger partial charge in [-0.2, -0.15) is 0 Å². The van der Waals surface area contributed by atoms with Gasteiger partial charge in [0.25, 0.3) is 0 Å². The number of rotatable bonds is 11. The third kappa shape index (κ3) is 6.48. The SMILES string of the molecule is CC[C@@H](OC(C)=O)[C@H]([C@@H]1O[C@H]1COC(=O)NCc1ccccc1)P(=O)(c1ccccc1)c1ccccc1. The number of amides is 1. The van der Waals surface area contributed by atoms with E-state index < -0.39 is 43.2 Å². The lowest BCUT2D eigenvalue weighted by molar-refractivity contribution is -0.146. The van der Waals surface area contributed by atoms with Gasteiger partial charge in [0.15, 0.2) is 7.14 Å². The van der Waals surface area contributed by atoms with Crippen LogP contribution in [0.2, 0.25) is 0 Å². The van der Waals surface area contributed by atoms with E-state index in [9.17, 15) is 9.59 Å². The van der Waals surface area contributed by atoms with E-state index in [4.69, 9.17) is 14.2 Å². The number of alkyl carbamates (subject to hydrolysis) is 1. The van der Waals surface area contributed by atoms with Crippen molar-refractivity contribution in [3.05, 3.63) is 96.6 Å². The summed E-state index contributed by atoms with van der Waals surface area (Å²) in [7, 11) is -3.35. The smallest absolute Gasteiger partial charge is 0.407 e. The van der Waals surface area contributed by atoms with E-state index in [1.54, 1.807) is 0 Å². The maximum atomic E-state index is 15.1. The van der Waals surface area contributed by atoms with Gasteiger partial charge in [-0.3, -0.25) is 4.79 Å². The van der Waals surface area contributed by atoms with Crippen LogP contribution in [-0.4, -0.2) is 42.6 Å². The molecule has 1 saturated heterocycles. The number of esters is 1. The second-order valence-electron chi connectivity index (χ2n) is 8.95. The minimum absolute atomic E-state index is 0.00186. The third-order valence-corrected chi connectivity index (χ3v) is 10.0. The number of nitrogens with one attached hydrogen (secondary N) is 1. The van der Waals surface area contributed by atoms with E-state index in [0.717, 1.165) is 5.56 Å². The molecule has 0 radical (unpaired) electrons. The summed E-state index contributed by atoms with van der Waals surface area (Å²) in [6.45, 7) is 3.59. The van der Waals surface area contributed by atoms with Crippen LogP contribution in [0.4, 0.5) is 4.79 Å². The van der Waals surface area contributed by atoms with E-state index in [1.807, 2.05) is 97.9 Å². The molecule has 8 heteroatoms. The Hall–Kier alpha value is -3.41. The molecule has 4 atom stereocenters. The van der Waals surface area contributed by atoms with Gasteiger partial charge in [-0.05, 0) is 12.0 Å². The summed E-state index contributed by atoms with van der Waals surface area (Å²) >= 11 is 0. The van der Waals surface area contributed by atoms with Gasteiger partial charge in [0.1, 0.15) is 24.9 Å². The van der Waals surface area contributed by atoms with Crippen LogP contribution in [0.3, 0.4) is 0 Å². The van der Waals surface area contributed by atoms with Gasteiger partial charge in [-0.15, -0.1) is 0 Å². The van der Waals surface area contributed by atoms with Crippen LogP contribution in [0.15, 0.2) is 91.0 Å². The lowest BCUT2D eigenvalue weighted by atomic mass is 10.1. The van der Waals surface area contributed by atoms with Crippen LogP contribution in [0.1, 0.15) is 25.8 Å². The highest BCUT2D eigenvalue weighted by atomic mass is 31.2. The van der Waals surface area contributed by atoms with E-state index >= 15 is 4.57 Å². The Kier molecular flexibility index (Phi) is 8.80. The highest BCUT2D eigenvalue weighted by molar-refractivity contribution is 7.79. The van der Waals surface area contributed by atoms with Crippen molar-refractivity contribution in [3.63, 3.8) is 0 Å². The average molecular weight is 522 g/mol. The second kappa shape index (κ2) is 12.2. The van der Waals surface area contributed by atoms with Crippen molar-refractivity contribution in [2.24, 2.45) is 0 Å². The number of hydrogen-bond donors (Lipinski definition) is 1. The molecule has 3 aromatic carbocycles. The number of carbonyl (C=O) groups excluding carboxylic acids is 2. The monoisotopic (exact) mass is 521 g/mol. The van der Waals surface area contributed by atoms with Crippen molar-refractivity contribution < 1.29 is 28.4 Å². The van der Waals surface area contributed by atoms with Crippen molar-refractivity contribution in [1.29, 1.82) is 0 Å². The van der Waals surface area contributed by atoms with E-state index in [0.29, 0.717) is 23.6 Å². The van der Waals surface area contributed by atoms with Crippen molar-refractivity contribution in [1.82, 2.24) is 5.32 Å². The molecular weight excluding hydrogens is 489 g/mol. The zero-order valence-corrected chi connectivity index (χ0v) is 21.9. The normalized spacial score (nSPS) is 18.3. The fourth-order valence-electron chi connectivity index (χ4n) is 4.62. The molecule has 7 nitrogen and oxygen atoms in total. The Balaban J connectivity index is 1.56. The minimum Gasteiger partial charge on any atom is -0.462 e. The van der Waals surface area contributed by atoms with Gasteiger partial charge >= 0.3 is 12.1 Å². The lowest BCUT2D eigenvalue weighted by Crippen LogP contribution is -2.41. The molecule has 0 aromatic heterocycles. The molecule has 0 saturated carbocycles. The van der Waals surface area contributed by atoms with Crippen LogP contribution in [0.25, 0.3) is 0 Å². The van der Waals surface area contributed by atoms with E-state index in [1.165, 1.54) is 6.92 Å². The quantitative estimate of drug-likeness (QED) is 0.228. The van der Waals surface area contributed by atoms with E-state index in [-0.39, 0.29) is 6.61 Å². The predicted octanol–water partition coefficient (Wildman–Crippen LogP) is 4.40. The number of hydrogen-bond acceptors (Lipinski definition) is 6. The molecule has 1 fully saturated rings. The molecule has 1 heterocycles. The van der Waals surface area contributed by atoms with Crippen molar-refractivity contribution >= 4 is 29.8 Å². The Morgan fingerprint density at radius 1 is 0.919 bits per heavy atom. The number of benzene rings is 3. The molecule has 1 amide bonds. The zero-order valence-electron chi connectivity index (χ0n) is 21.0. The molecule has 0 spiro atoms. The molecule has 1 N–H and O–H groups in total. The second-order valence-corrected chi connectivity index (χ2v) is 11.9. The van der Waals surface area contributed by atoms with Gasteiger partial charge in [0.05, 0.1) is 5.66 Å². The Morgan fingerprint density at radius 2 is 1.46 bits per heavy atom. The first-order chi connectivity index (χ1) is 17.9. The Bertz CT molecular complexity index is 1180. The standard InChI is InChI=1S/C29H32NO6P/c1-3-25(35-21(2)31)28(37(33,23-15-9-5-10-16-23)24-17-11-6-12-18-24)27-26(36-27)20-34-29(32)30-19-22-13-7-4-8-14-22/h4-18,25-28H,3,19-20H2,1-2H3,(H,30,32)/t25-,26+,27-,28-/m1/s1.